The second kappa shape index (κ2) is 8.08. The molecule has 2 amide bonds. The van der Waals surface area contributed by atoms with E-state index in [0.29, 0.717) is 25.3 Å². The van der Waals surface area contributed by atoms with Crippen LogP contribution in [0.4, 0.5) is 0 Å². The number of hydrogen-bond donors (Lipinski definition) is 2. The van der Waals surface area contributed by atoms with Crippen molar-refractivity contribution >= 4 is 11.8 Å². The number of piperazine rings is 1. The summed E-state index contributed by atoms with van der Waals surface area (Å²) in [5, 5.41) is 6.13. The third-order valence-corrected chi connectivity index (χ3v) is 3.09. The van der Waals surface area contributed by atoms with E-state index >= 15 is 0 Å². The zero-order valence-corrected chi connectivity index (χ0v) is 11.5. The third kappa shape index (κ3) is 5.49. The van der Waals surface area contributed by atoms with E-state index in [1.54, 1.807) is 0 Å². The van der Waals surface area contributed by atoms with Crippen molar-refractivity contribution in [2.24, 2.45) is 0 Å². The van der Waals surface area contributed by atoms with E-state index in [9.17, 15) is 9.59 Å². The molecule has 1 aliphatic heterocycles. The van der Waals surface area contributed by atoms with Crippen molar-refractivity contribution < 1.29 is 9.59 Å². The highest BCUT2D eigenvalue weighted by atomic mass is 16.2. The summed E-state index contributed by atoms with van der Waals surface area (Å²) in [5.74, 6) is 0.227. The van der Waals surface area contributed by atoms with Crippen LogP contribution in [-0.4, -0.2) is 48.9 Å². The molecule has 0 radical (unpaired) electrons. The summed E-state index contributed by atoms with van der Waals surface area (Å²) in [5.41, 5.74) is 0. The van der Waals surface area contributed by atoms with Crippen molar-refractivity contribution in [3.8, 4) is 0 Å². The third-order valence-electron chi connectivity index (χ3n) is 3.09. The lowest BCUT2D eigenvalue weighted by molar-refractivity contribution is -0.132. The molecule has 0 saturated carbocycles. The van der Waals surface area contributed by atoms with Crippen LogP contribution in [0.1, 0.15) is 39.5 Å². The molecule has 2 N–H and O–H groups in total. The van der Waals surface area contributed by atoms with E-state index in [-0.39, 0.29) is 11.8 Å². The average molecular weight is 255 g/mol. The Hall–Kier alpha value is -1.10. The highest BCUT2D eigenvalue weighted by Gasteiger charge is 2.19. The molecule has 0 aromatic carbocycles. The number of amides is 2. The number of rotatable bonds is 6. The molecule has 5 heteroatoms. The van der Waals surface area contributed by atoms with Crippen molar-refractivity contribution in [3.05, 3.63) is 0 Å². The molecule has 5 nitrogen and oxygen atoms in total. The summed E-state index contributed by atoms with van der Waals surface area (Å²) in [6.07, 6.45) is 2.52. The van der Waals surface area contributed by atoms with Crippen LogP contribution in [0.15, 0.2) is 0 Å². The zero-order chi connectivity index (χ0) is 13.4. The fourth-order valence-corrected chi connectivity index (χ4v) is 2.07. The van der Waals surface area contributed by atoms with Crippen LogP contribution in [0, 0.1) is 0 Å². The van der Waals surface area contributed by atoms with E-state index in [2.05, 4.69) is 17.6 Å². The van der Waals surface area contributed by atoms with Gasteiger partial charge in [0.15, 0.2) is 0 Å². The lowest BCUT2D eigenvalue weighted by Gasteiger charge is -2.32. The van der Waals surface area contributed by atoms with Gasteiger partial charge in [0, 0.05) is 45.1 Å². The maximum absolute atomic E-state index is 11.9. The Morgan fingerprint density at radius 2 is 2.17 bits per heavy atom. The number of nitrogens with zero attached hydrogens (tertiary/aromatic N) is 1. The summed E-state index contributed by atoms with van der Waals surface area (Å²) in [4.78, 5) is 25.2. The van der Waals surface area contributed by atoms with Crippen LogP contribution < -0.4 is 10.6 Å². The molecule has 1 aliphatic rings. The number of carbonyl (C=O) groups excluding carboxylic acids is 2. The summed E-state index contributed by atoms with van der Waals surface area (Å²) in [6.45, 7) is 7.26. The van der Waals surface area contributed by atoms with E-state index in [1.165, 1.54) is 0 Å². The molecular weight excluding hydrogens is 230 g/mol. The molecule has 0 aromatic heterocycles. The summed E-state index contributed by atoms with van der Waals surface area (Å²) in [6, 6.07) is 0.371. The molecule has 1 unspecified atom stereocenters. The Bertz CT molecular complexity index is 281. The maximum Gasteiger partial charge on any atom is 0.222 e. The topological polar surface area (TPSA) is 61.4 Å². The first kappa shape index (κ1) is 15.0. The van der Waals surface area contributed by atoms with Crippen molar-refractivity contribution in [1.29, 1.82) is 0 Å². The zero-order valence-electron chi connectivity index (χ0n) is 11.5. The lowest BCUT2D eigenvalue weighted by atomic mass is 10.1. The minimum Gasteiger partial charge on any atom is -0.356 e. The normalized spacial score (nSPS) is 19.7. The molecule has 1 fully saturated rings. The van der Waals surface area contributed by atoms with Crippen molar-refractivity contribution in [2.75, 3.05) is 26.2 Å². The van der Waals surface area contributed by atoms with Crippen LogP contribution in [0.3, 0.4) is 0 Å². The largest absolute Gasteiger partial charge is 0.356 e. The van der Waals surface area contributed by atoms with Gasteiger partial charge in [-0.25, -0.2) is 0 Å². The van der Waals surface area contributed by atoms with Gasteiger partial charge < -0.3 is 15.5 Å². The monoisotopic (exact) mass is 255 g/mol. The second-order valence-corrected chi connectivity index (χ2v) is 4.90. The highest BCUT2D eigenvalue weighted by Crippen LogP contribution is 2.05. The number of nitrogens with one attached hydrogen (secondary N) is 2. The first-order valence-electron chi connectivity index (χ1n) is 6.91. The summed E-state index contributed by atoms with van der Waals surface area (Å²) < 4.78 is 0. The van der Waals surface area contributed by atoms with Gasteiger partial charge in [0.1, 0.15) is 0 Å². The van der Waals surface area contributed by atoms with Crippen LogP contribution in [0.25, 0.3) is 0 Å². The van der Waals surface area contributed by atoms with Gasteiger partial charge in [0.2, 0.25) is 11.8 Å². The Kier molecular flexibility index (Phi) is 6.72. The molecule has 1 atom stereocenters. The predicted molar refractivity (Wildman–Crippen MR) is 71.2 cm³/mol. The quantitative estimate of drug-likeness (QED) is 0.726. The van der Waals surface area contributed by atoms with Crippen molar-refractivity contribution in [3.63, 3.8) is 0 Å². The molecule has 1 heterocycles. The molecule has 0 bridgehead atoms. The maximum atomic E-state index is 11.9. The van der Waals surface area contributed by atoms with Gasteiger partial charge in [-0.3, -0.25) is 9.59 Å². The molecule has 0 spiro atoms. The van der Waals surface area contributed by atoms with E-state index in [0.717, 1.165) is 32.6 Å². The predicted octanol–water partition coefficient (Wildman–Crippen LogP) is 0.503. The van der Waals surface area contributed by atoms with E-state index in [1.807, 2.05) is 11.8 Å². The van der Waals surface area contributed by atoms with E-state index in [4.69, 9.17) is 0 Å². The Morgan fingerprint density at radius 1 is 1.39 bits per heavy atom. The number of hydrogen-bond acceptors (Lipinski definition) is 3. The molecule has 18 heavy (non-hydrogen) atoms. The number of carbonyl (C=O) groups is 2. The first-order chi connectivity index (χ1) is 8.63. The van der Waals surface area contributed by atoms with Crippen LogP contribution in [0.2, 0.25) is 0 Å². The van der Waals surface area contributed by atoms with Crippen LogP contribution in [0.5, 0.6) is 0 Å². The van der Waals surface area contributed by atoms with Crippen molar-refractivity contribution in [1.82, 2.24) is 15.5 Å². The molecule has 0 aromatic rings. The van der Waals surface area contributed by atoms with Gasteiger partial charge in [0.25, 0.3) is 0 Å². The van der Waals surface area contributed by atoms with Gasteiger partial charge >= 0.3 is 0 Å². The lowest BCUT2D eigenvalue weighted by Crippen LogP contribution is -2.51. The van der Waals surface area contributed by atoms with Crippen LogP contribution in [-0.2, 0) is 9.59 Å². The molecule has 1 saturated heterocycles. The Labute approximate surface area is 109 Å². The Balaban J connectivity index is 2.14. The standard InChI is InChI=1S/C13H25N3O2/c1-3-7-15-12(17)5-4-6-13(18)16-9-8-14-11(2)10-16/h11,14H,3-10H2,1-2H3,(H,15,17). The molecular formula is C13H25N3O2. The fraction of sp³-hybridized carbons (Fsp3) is 0.846. The molecule has 104 valence electrons. The minimum absolute atomic E-state index is 0.0540. The van der Waals surface area contributed by atoms with Gasteiger partial charge in [-0.1, -0.05) is 6.92 Å². The van der Waals surface area contributed by atoms with Gasteiger partial charge in [-0.15, -0.1) is 0 Å². The highest BCUT2D eigenvalue weighted by molar-refractivity contribution is 5.79. The smallest absolute Gasteiger partial charge is 0.222 e. The fourth-order valence-electron chi connectivity index (χ4n) is 2.07. The Morgan fingerprint density at radius 3 is 2.83 bits per heavy atom. The summed E-state index contributed by atoms with van der Waals surface area (Å²) >= 11 is 0. The molecule has 1 rings (SSSR count). The molecule has 0 aliphatic carbocycles. The summed E-state index contributed by atoms with van der Waals surface area (Å²) in [7, 11) is 0. The average Bonchev–Trinajstić information content (AvgIpc) is 2.36. The van der Waals surface area contributed by atoms with Gasteiger partial charge in [-0.05, 0) is 19.8 Å². The first-order valence-corrected chi connectivity index (χ1v) is 6.91. The minimum atomic E-state index is 0.0540. The van der Waals surface area contributed by atoms with E-state index < -0.39 is 0 Å². The SMILES string of the molecule is CCCNC(=O)CCCC(=O)N1CCNC(C)C1. The van der Waals surface area contributed by atoms with Gasteiger partial charge in [0.05, 0.1) is 0 Å². The van der Waals surface area contributed by atoms with Crippen molar-refractivity contribution in [2.45, 2.75) is 45.6 Å². The van der Waals surface area contributed by atoms with Gasteiger partial charge in [-0.2, -0.15) is 0 Å². The second-order valence-electron chi connectivity index (χ2n) is 4.90. The van der Waals surface area contributed by atoms with Crippen LogP contribution >= 0.6 is 0 Å².